The molecule has 0 radical (unpaired) electrons. The lowest BCUT2D eigenvalue weighted by molar-refractivity contribution is -0.120. The Hall–Kier alpha value is -2.34. The minimum Gasteiger partial charge on any atom is -0.450 e. The molecule has 2 amide bonds. The van der Waals surface area contributed by atoms with Crippen molar-refractivity contribution in [1.29, 1.82) is 0 Å². The number of rotatable bonds is 6. The Kier molecular flexibility index (Phi) is 5.16. The number of hydrogen-bond donors (Lipinski definition) is 2. The number of carbonyl (C=O) groups is 2. The Morgan fingerprint density at radius 3 is 2.68 bits per heavy atom. The molecule has 0 saturated carbocycles. The van der Waals surface area contributed by atoms with Crippen LogP contribution in [0.5, 0.6) is 0 Å². The van der Waals surface area contributed by atoms with Crippen LogP contribution in [-0.4, -0.2) is 38.6 Å². The predicted octanol–water partition coefficient (Wildman–Crippen LogP) is 1.54. The van der Waals surface area contributed by atoms with E-state index < -0.39 is 5.91 Å². The topological polar surface area (TPSA) is 80.6 Å². The van der Waals surface area contributed by atoms with Gasteiger partial charge < -0.3 is 19.8 Å². The third kappa shape index (κ3) is 3.46. The van der Waals surface area contributed by atoms with Gasteiger partial charge in [0, 0.05) is 24.6 Å². The van der Waals surface area contributed by atoms with Gasteiger partial charge in [0.1, 0.15) is 5.58 Å². The fourth-order valence-corrected chi connectivity index (χ4v) is 2.20. The van der Waals surface area contributed by atoms with Crippen LogP contribution in [0, 0.1) is 13.8 Å². The average molecular weight is 304 g/mol. The zero-order valence-electron chi connectivity index (χ0n) is 13.0. The van der Waals surface area contributed by atoms with Gasteiger partial charge in [0.25, 0.3) is 5.91 Å². The van der Waals surface area contributed by atoms with Crippen molar-refractivity contribution in [1.82, 2.24) is 10.6 Å². The molecule has 0 unspecified atom stereocenters. The quantitative estimate of drug-likeness (QED) is 0.793. The van der Waals surface area contributed by atoms with E-state index in [9.17, 15) is 9.59 Å². The van der Waals surface area contributed by atoms with E-state index in [0.717, 1.165) is 16.5 Å². The Labute approximate surface area is 128 Å². The van der Waals surface area contributed by atoms with Crippen LogP contribution in [0.1, 0.15) is 21.7 Å². The number of furan rings is 1. The van der Waals surface area contributed by atoms with Gasteiger partial charge in [-0.3, -0.25) is 9.59 Å². The summed E-state index contributed by atoms with van der Waals surface area (Å²) >= 11 is 0. The van der Waals surface area contributed by atoms with Crippen LogP contribution in [0.2, 0.25) is 0 Å². The summed E-state index contributed by atoms with van der Waals surface area (Å²) in [6.45, 7) is 4.50. The molecule has 0 atom stereocenters. The smallest absolute Gasteiger partial charge is 0.287 e. The van der Waals surface area contributed by atoms with Gasteiger partial charge in [0.2, 0.25) is 5.91 Å². The van der Waals surface area contributed by atoms with Crippen LogP contribution in [0.3, 0.4) is 0 Å². The minimum absolute atomic E-state index is 0.0992. The second-order valence-electron chi connectivity index (χ2n) is 5.03. The molecule has 2 aromatic rings. The highest BCUT2D eigenvalue weighted by Crippen LogP contribution is 2.27. The van der Waals surface area contributed by atoms with Gasteiger partial charge in [0.05, 0.1) is 13.2 Å². The second-order valence-corrected chi connectivity index (χ2v) is 5.03. The number of hydrogen-bond acceptors (Lipinski definition) is 4. The van der Waals surface area contributed by atoms with Crippen molar-refractivity contribution >= 4 is 22.8 Å². The number of aryl methyl sites for hydroxylation is 2. The summed E-state index contributed by atoms with van der Waals surface area (Å²) < 4.78 is 10.5. The summed E-state index contributed by atoms with van der Waals surface area (Å²) in [7, 11) is 1.56. The Morgan fingerprint density at radius 1 is 1.23 bits per heavy atom. The number of fused-ring (bicyclic) bond motifs is 1. The van der Waals surface area contributed by atoms with Gasteiger partial charge in [-0.25, -0.2) is 0 Å². The normalized spacial score (nSPS) is 10.7. The molecule has 0 saturated heterocycles. The van der Waals surface area contributed by atoms with Crippen LogP contribution in [-0.2, 0) is 9.53 Å². The maximum atomic E-state index is 12.2. The van der Waals surface area contributed by atoms with E-state index in [0.29, 0.717) is 18.7 Å². The molecule has 22 heavy (non-hydrogen) atoms. The fraction of sp³-hybridized carbons (Fsp3) is 0.375. The van der Waals surface area contributed by atoms with Crippen molar-refractivity contribution in [3.63, 3.8) is 0 Å². The molecule has 1 aromatic carbocycles. The van der Waals surface area contributed by atoms with Crippen molar-refractivity contribution in [3.8, 4) is 0 Å². The summed E-state index contributed by atoms with van der Waals surface area (Å²) in [5.74, 6) is -0.417. The van der Waals surface area contributed by atoms with Crippen LogP contribution < -0.4 is 10.6 Å². The number of nitrogens with one attached hydrogen (secondary N) is 2. The monoisotopic (exact) mass is 304 g/mol. The third-order valence-electron chi connectivity index (χ3n) is 3.40. The molecule has 0 bridgehead atoms. The molecule has 0 aliphatic carbocycles. The van der Waals surface area contributed by atoms with Crippen molar-refractivity contribution in [2.45, 2.75) is 13.8 Å². The molecule has 0 fully saturated rings. The van der Waals surface area contributed by atoms with E-state index >= 15 is 0 Å². The lowest BCUT2D eigenvalue weighted by atomic mass is 10.1. The molecule has 1 heterocycles. The van der Waals surface area contributed by atoms with Crippen molar-refractivity contribution in [2.75, 3.05) is 26.8 Å². The molecule has 0 spiro atoms. The lowest BCUT2D eigenvalue weighted by Gasteiger charge is -2.05. The van der Waals surface area contributed by atoms with Crippen LogP contribution >= 0.6 is 0 Å². The van der Waals surface area contributed by atoms with Crippen LogP contribution in [0.25, 0.3) is 11.0 Å². The highest BCUT2D eigenvalue weighted by Gasteiger charge is 2.18. The Morgan fingerprint density at radius 2 is 2.00 bits per heavy atom. The number of methoxy groups -OCH3 is 1. The molecule has 0 aliphatic heterocycles. The van der Waals surface area contributed by atoms with Crippen LogP contribution in [0.4, 0.5) is 0 Å². The van der Waals surface area contributed by atoms with Crippen molar-refractivity contribution in [3.05, 3.63) is 35.1 Å². The molecule has 1 aromatic heterocycles. The molecular formula is C16H20N2O4. The first-order valence-corrected chi connectivity index (χ1v) is 7.07. The van der Waals surface area contributed by atoms with Crippen molar-refractivity contribution in [2.24, 2.45) is 0 Å². The first-order chi connectivity index (χ1) is 10.5. The summed E-state index contributed by atoms with van der Waals surface area (Å²) in [4.78, 5) is 23.7. The van der Waals surface area contributed by atoms with Gasteiger partial charge in [-0.1, -0.05) is 18.2 Å². The molecule has 2 rings (SSSR count). The maximum absolute atomic E-state index is 12.2. The predicted molar refractivity (Wildman–Crippen MR) is 82.9 cm³/mol. The highest BCUT2D eigenvalue weighted by molar-refractivity contribution is 6.00. The summed E-state index contributed by atoms with van der Waals surface area (Å²) in [6.07, 6.45) is 0. The van der Waals surface area contributed by atoms with Gasteiger partial charge in [-0.15, -0.1) is 0 Å². The zero-order chi connectivity index (χ0) is 16.1. The first kappa shape index (κ1) is 16.0. The summed E-state index contributed by atoms with van der Waals surface area (Å²) in [5.41, 5.74) is 2.45. The van der Waals surface area contributed by atoms with E-state index in [1.165, 1.54) is 0 Å². The van der Waals surface area contributed by atoms with Gasteiger partial charge in [-0.05, 0) is 19.4 Å². The number of carbonyl (C=O) groups excluding carboxylic acids is 2. The summed E-state index contributed by atoms with van der Waals surface area (Å²) in [6, 6.07) is 5.76. The molecule has 118 valence electrons. The molecule has 6 nitrogen and oxygen atoms in total. The number of ether oxygens (including phenoxy) is 1. The maximum Gasteiger partial charge on any atom is 0.287 e. The van der Waals surface area contributed by atoms with E-state index in [1.54, 1.807) is 7.11 Å². The van der Waals surface area contributed by atoms with Gasteiger partial charge in [0.15, 0.2) is 5.76 Å². The molecule has 0 aliphatic rings. The number of para-hydroxylation sites is 1. The van der Waals surface area contributed by atoms with Gasteiger partial charge in [-0.2, -0.15) is 0 Å². The molecule has 6 heteroatoms. The van der Waals surface area contributed by atoms with E-state index in [-0.39, 0.29) is 18.2 Å². The molecular weight excluding hydrogens is 284 g/mol. The van der Waals surface area contributed by atoms with E-state index in [4.69, 9.17) is 9.15 Å². The second kappa shape index (κ2) is 7.09. The fourth-order valence-electron chi connectivity index (χ4n) is 2.20. The third-order valence-corrected chi connectivity index (χ3v) is 3.40. The number of benzene rings is 1. The van der Waals surface area contributed by atoms with E-state index in [2.05, 4.69) is 10.6 Å². The zero-order valence-corrected chi connectivity index (χ0v) is 13.0. The molecule has 2 N–H and O–H groups in total. The Bertz CT molecular complexity index is 691. The largest absolute Gasteiger partial charge is 0.450 e. The van der Waals surface area contributed by atoms with E-state index in [1.807, 2.05) is 32.0 Å². The number of amides is 2. The highest BCUT2D eigenvalue weighted by atomic mass is 16.5. The van der Waals surface area contributed by atoms with Crippen molar-refractivity contribution < 1.29 is 18.7 Å². The standard InChI is InChI=1S/C16H20N2O4/c1-10-5-4-6-12-11(2)15(22-14(10)12)16(20)18-9-13(19)17-7-8-21-3/h4-6H,7-9H2,1-3H3,(H,17,19)(H,18,20). The first-order valence-electron chi connectivity index (χ1n) is 7.07. The minimum atomic E-state index is -0.394. The average Bonchev–Trinajstić information content (AvgIpc) is 2.84. The Balaban J connectivity index is 2.03. The summed E-state index contributed by atoms with van der Waals surface area (Å²) in [5, 5.41) is 6.10. The lowest BCUT2D eigenvalue weighted by Crippen LogP contribution is -2.38. The van der Waals surface area contributed by atoms with Gasteiger partial charge >= 0.3 is 0 Å². The SMILES string of the molecule is COCCNC(=O)CNC(=O)c1oc2c(C)cccc2c1C. The van der Waals surface area contributed by atoms with Crippen LogP contribution in [0.15, 0.2) is 22.6 Å².